The zero-order chi connectivity index (χ0) is 82.8. The Labute approximate surface area is 633 Å². The molecule has 0 aromatic carbocycles. The highest BCUT2D eigenvalue weighted by Gasteiger charge is 2.34. The van der Waals surface area contributed by atoms with Crippen LogP contribution in [0.4, 0.5) is 0 Å². The molecule has 0 aromatic heterocycles. The van der Waals surface area contributed by atoms with Gasteiger partial charge in [0.1, 0.15) is 91.6 Å². The molecule has 16 N–H and O–H groups in total. The molecule has 0 spiro atoms. The topological polar surface area (TPSA) is 324 Å². The zero-order valence-corrected chi connectivity index (χ0v) is 70.7. The van der Waals surface area contributed by atoms with Crippen LogP contribution in [0.3, 0.4) is 0 Å². The summed E-state index contributed by atoms with van der Waals surface area (Å²) < 4.78 is 0. The standard InChI is InChI=1S/2C14H26O2.2C12H22O2.2C10H18O2.C8H14O2.C6H10O2.CH4/c1-10(2)13(7,15)8-9-14(16,11(3)4)12(5)6;1-11(2)9-13(5,15)7-8-14(6,16)10-12(3)4;1-5-7-11(3,13)9-10-12(4,14)8-6-2;1-5-11(13,6-2)9-10-12(14,7-3)8-4;1-5-9(3,11)7-8-10(4,12)6-2;1-3-4-5-6-10(12)8-7-9(2)11;1-7(2,9)5-6-8(3,4)10;1-5(7)3-4-6(2)8;/h10-12,15-16H,1-7H3;11-12,15-16H,9-10H2,1-6H3;2*13-14H,5-8H2,1-4H3;11-12H,5-6H2,1-4H3;9-12H,3-6H2,1-2H3;9-10H,1-4H3;5-8H,1-2H3;1H4. The van der Waals surface area contributed by atoms with Crippen LogP contribution < -0.4 is 0 Å². The molecular weight excluding hydrogens is 1300 g/mol. The van der Waals surface area contributed by atoms with E-state index in [1.54, 1.807) is 96.9 Å². The summed E-state index contributed by atoms with van der Waals surface area (Å²) in [6, 6.07) is 0. The van der Waals surface area contributed by atoms with Crippen LogP contribution in [0.15, 0.2) is 0 Å². The van der Waals surface area contributed by atoms with Gasteiger partial charge in [-0.05, 0) is 204 Å². The van der Waals surface area contributed by atoms with Crippen LogP contribution in [-0.4, -0.2) is 173 Å². The first-order valence-corrected chi connectivity index (χ1v) is 37.4. The Hall–Kier alpha value is -4.16. The number of aliphatic hydroxyl groups is 16. The molecule has 103 heavy (non-hydrogen) atoms. The Balaban J connectivity index is -0.000000141. The average molecular weight is 1460 g/mol. The number of rotatable bonds is 21. The van der Waals surface area contributed by atoms with Crippen molar-refractivity contribution in [2.45, 2.75) is 430 Å². The van der Waals surface area contributed by atoms with Gasteiger partial charge < -0.3 is 81.7 Å². The Kier molecular flexibility index (Phi) is 64.9. The molecule has 0 amide bonds. The summed E-state index contributed by atoms with van der Waals surface area (Å²) in [5.41, 5.74) is -11.9. The van der Waals surface area contributed by atoms with E-state index in [1.807, 2.05) is 125 Å². The molecule has 0 bridgehead atoms. The first kappa shape index (κ1) is 117. The minimum Gasteiger partial charge on any atom is -0.381 e. The lowest BCUT2D eigenvalue weighted by Gasteiger charge is -2.31. The molecule has 0 aliphatic carbocycles. The number of unbranched alkanes of at least 4 members (excludes halogenated alkanes) is 2. The van der Waals surface area contributed by atoms with Gasteiger partial charge in [-0.1, -0.05) is 259 Å². The van der Waals surface area contributed by atoms with Gasteiger partial charge in [-0.15, -0.1) is 0 Å². The molecular formula is C87H160O16. The van der Waals surface area contributed by atoms with Crippen LogP contribution in [0.25, 0.3) is 0 Å². The van der Waals surface area contributed by atoms with E-state index < -0.39 is 91.6 Å². The van der Waals surface area contributed by atoms with Crippen LogP contribution in [0, 0.1) is 124 Å². The second-order valence-corrected chi connectivity index (χ2v) is 31.2. The van der Waals surface area contributed by atoms with Gasteiger partial charge in [0.05, 0.1) is 0 Å². The Bertz CT molecular complexity index is 2570. The molecule has 0 aromatic rings. The monoisotopic (exact) mass is 1460 g/mol. The van der Waals surface area contributed by atoms with Crippen LogP contribution in [0.5, 0.6) is 0 Å². The summed E-state index contributed by atoms with van der Waals surface area (Å²) in [7, 11) is 0. The van der Waals surface area contributed by atoms with Crippen molar-refractivity contribution in [3.63, 3.8) is 0 Å². The fraction of sp³-hybridized carbons (Fsp3) is 0.816. The maximum atomic E-state index is 10.4. The fourth-order valence-corrected chi connectivity index (χ4v) is 7.61. The molecule has 0 radical (unpaired) electrons. The van der Waals surface area contributed by atoms with Crippen LogP contribution in [0.2, 0.25) is 0 Å². The van der Waals surface area contributed by atoms with Gasteiger partial charge in [0.25, 0.3) is 0 Å². The Morgan fingerprint density at radius 1 is 0.282 bits per heavy atom. The number of hydrogen-bond donors (Lipinski definition) is 16. The van der Waals surface area contributed by atoms with E-state index in [1.165, 1.54) is 0 Å². The van der Waals surface area contributed by atoms with Crippen molar-refractivity contribution in [1.29, 1.82) is 0 Å². The van der Waals surface area contributed by atoms with Crippen molar-refractivity contribution in [3.05, 3.63) is 0 Å². The predicted octanol–water partition coefficient (Wildman–Crippen LogP) is 12.8. The van der Waals surface area contributed by atoms with Crippen LogP contribution in [0.1, 0.15) is 339 Å². The molecule has 604 valence electrons. The summed E-state index contributed by atoms with van der Waals surface area (Å²) in [6.07, 6.45) is 9.37. The van der Waals surface area contributed by atoms with Gasteiger partial charge in [0.2, 0.25) is 0 Å². The lowest BCUT2D eigenvalue weighted by molar-refractivity contribution is 0.00747. The van der Waals surface area contributed by atoms with E-state index in [2.05, 4.69) is 102 Å². The summed E-state index contributed by atoms with van der Waals surface area (Å²) in [5.74, 6) is 43.5. The predicted molar refractivity (Wildman–Crippen MR) is 431 cm³/mol. The third kappa shape index (κ3) is 78.7. The van der Waals surface area contributed by atoms with Crippen molar-refractivity contribution >= 4 is 0 Å². The third-order valence-electron chi connectivity index (χ3n) is 15.2. The van der Waals surface area contributed by atoms with E-state index in [0.29, 0.717) is 82.5 Å². The van der Waals surface area contributed by atoms with Crippen molar-refractivity contribution in [2.24, 2.45) is 29.6 Å². The molecule has 0 aliphatic rings. The van der Waals surface area contributed by atoms with Gasteiger partial charge >= 0.3 is 0 Å². The van der Waals surface area contributed by atoms with E-state index in [0.717, 1.165) is 32.1 Å². The molecule has 16 nitrogen and oxygen atoms in total. The van der Waals surface area contributed by atoms with E-state index >= 15 is 0 Å². The van der Waals surface area contributed by atoms with Gasteiger partial charge in [0.15, 0.2) is 0 Å². The normalized spacial score (nSPS) is 16.2. The minimum atomic E-state index is -1.04. The molecule has 0 fully saturated rings. The molecule has 0 heterocycles. The summed E-state index contributed by atoms with van der Waals surface area (Å²) >= 11 is 0. The summed E-state index contributed by atoms with van der Waals surface area (Å²) in [4.78, 5) is 0. The minimum absolute atomic E-state index is 0. The maximum Gasteiger partial charge on any atom is 0.130 e. The third-order valence-corrected chi connectivity index (χ3v) is 15.2. The highest BCUT2D eigenvalue weighted by molar-refractivity contribution is 5.24. The Morgan fingerprint density at radius 2 is 0.553 bits per heavy atom. The van der Waals surface area contributed by atoms with Crippen molar-refractivity contribution in [1.82, 2.24) is 0 Å². The fourth-order valence-electron chi connectivity index (χ4n) is 7.61. The van der Waals surface area contributed by atoms with Gasteiger partial charge in [-0.3, -0.25) is 0 Å². The number of aliphatic hydroxyl groups excluding tert-OH is 4. The van der Waals surface area contributed by atoms with Crippen LogP contribution >= 0.6 is 0 Å². The molecule has 11 atom stereocenters. The molecule has 16 heteroatoms. The lowest BCUT2D eigenvalue weighted by atomic mass is 9.80. The average Bonchev–Trinajstić information content (AvgIpc) is 0.837. The van der Waals surface area contributed by atoms with E-state index in [-0.39, 0.29) is 25.2 Å². The van der Waals surface area contributed by atoms with Crippen molar-refractivity contribution < 1.29 is 81.7 Å². The maximum absolute atomic E-state index is 10.4. The van der Waals surface area contributed by atoms with Crippen LogP contribution in [-0.2, 0) is 0 Å². The zero-order valence-electron chi connectivity index (χ0n) is 70.7. The van der Waals surface area contributed by atoms with E-state index in [4.69, 9.17) is 25.5 Å². The molecule has 0 saturated heterocycles. The molecule has 0 aliphatic heterocycles. The first-order chi connectivity index (χ1) is 45.7. The van der Waals surface area contributed by atoms with Gasteiger partial charge in [0, 0.05) is 0 Å². The summed E-state index contributed by atoms with van der Waals surface area (Å²) in [5, 5.41) is 152. The molecule has 0 rings (SSSR count). The van der Waals surface area contributed by atoms with Gasteiger partial charge in [-0.25, -0.2) is 0 Å². The SMILES string of the molecule is C.CC(C)(O)C#CC(C)(C)O.CC(C)C(C)(O)C#CC(O)(C(C)C)C(C)C.CC(C)CC(C)(O)C#CC(C)(O)CC(C)C.CC(O)C#CC(C)O.CCC(C)(O)C#CC(C)(O)CC.CCC(O)(C#CC(O)(CC)CC)CC.CCCC(C)(O)C#CC(C)(O)CCC.CCCCCC(O)C#CC(C)O. The van der Waals surface area contributed by atoms with Crippen molar-refractivity contribution in [2.75, 3.05) is 0 Å². The highest BCUT2D eigenvalue weighted by Crippen LogP contribution is 2.27. The summed E-state index contributed by atoms with van der Waals surface area (Å²) in [6.45, 7) is 59.9. The van der Waals surface area contributed by atoms with Gasteiger partial charge in [-0.2, -0.15) is 0 Å². The second kappa shape index (κ2) is 57.0. The number of hydrogen-bond acceptors (Lipinski definition) is 16. The lowest BCUT2D eigenvalue weighted by Crippen LogP contribution is -2.40. The van der Waals surface area contributed by atoms with E-state index in [9.17, 15) is 56.2 Å². The molecule has 11 unspecified atom stereocenters. The largest absolute Gasteiger partial charge is 0.381 e. The first-order valence-electron chi connectivity index (χ1n) is 37.4. The quantitative estimate of drug-likeness (QED) is 0.0375. The molecule has 0 saturated carbocycles. The van der Waals surface area contributed by atoms with Crippen molar-refractivity contribution in [3.8, 4) is 94.7 Å². The smallest absolute Gasteiger partial charge is 0.130 e. The second-order valence-electron chi connectivity index (χ2n) is 31.2. The highest BCUT2D eigenvalue weighted by atomic mass is 16.3. The Morgan fingerprint density at radius 3 is 0.767 bits per heavy atom.